The molecule has 1 rings (SSSR count). The number of allylic oxidation sites excluding steroid dienone is 11. The van der Waals surface area contributed by atoms with Crippen LogP contribution in [0.4, 0.5) is 0 Å². The van der Waals surface area contributed by atoms with Gasteiger partial charge in [-0.3, -0.25) is 9.59 Å². The van der Waals surface area contributed by atoms with E-state index >= 15 is 0 Å². The first kappa shape index (κ1) is 40.5. The zero-order chi connectivity index (χ0) is 31.5. The van der Waals surface area contributed by atoms with E-state index in [-0.39, 0.29) is 12.8 Å². The molecule has 1 N–H and O–H groups in total. The first-order chi connectivity index (χ1) is 19.4. The molecule has 4 nitrogen and oxygen atoms in total. The molecule has 4 heteroatoms. The monoisotopic (exact) mass is 570 g/mol. The van der Waals surface area contributed by atoms with Gasteiger partial charge in [0.15, 0.2) is 0 Å². The zero-order valence-corrected chi connectivity index (χ0v) is 27.9. The van der Waals surface area contributed by atoms with Gasteiger partial charge in [0.1, 0.15) is 0 Å². The quantitative estimate of drug-likeness (QED) is 0.148. The van der Waals surface area contributed by atoms with E-state index < -0.39 is 11.9 Å². The highest BCUT2D eigenvalue weighted by Gasteiger charge is 2.03. The molecule has 0 aromatic heterocycles. The fraction of sp³-hybridized carbons (Fsp3) is 0.622. The summed E-state index contributed by atoms with van der Waals surface area (Å²) in [4.78, 5) is 20.0. The van der Waals surface area contributed by atoms with Crippen molar-refractivity contribution < 1.29 is 19.4 Å². The number of aliphatic carboxylic acids is 1. The summed E-state index contributed by atoms with van der Waals surface area (Å²) >= 11 is 0. The molecule has 1 aliphatic carbocycles. The summed E-state index contributed by atoms with van der Waals surface area (Å²) in [7, 11) is 1.23. The van der Waals surface area contributed by atoms with Crippen molar-refractivity contribution in [2.45, 2.75) is 145 Å². The van der Waals surface area contributed by atoms with Crippen LogP contribution in [-0.2, 0) is 14.3 Å². The molecule has 0 radical (unpaired) electrons. The van der Waals surface area contributed by atoms with Gasteiger partial charge in [-0.25, -0.2) is 0 Å². The lowest BCUT2D eigenvalue weighted by molar-refractivity contribution is -0.145. The van der Waals surface area contributed by atoms with E-state index in [9.17, 15) is 9.59 Å². The second kappa shape index (κ2) is 27.5. The first-order valence-corrected chi connectivity index (χ1v) is 15.6. The largest absolute Gasteiger partial charge is 0.481 e. The molecule has 0 heterocycles. The normalized spacial score (nSPS) is 12.9. The Hall–Kier alpha value is -2.62. The Morgan fingerprint density at radius 3 is 1.78 bits per heavy atom. The molecule has 0 aromatic carbocycles. The SMILES string of the molecule is C=C(CC)CC/C=C(\C)CCC=C(C)C.CC(C)=CCC/C(C)=C/CCC1=CCCCC1.COC(=O)CCC(=O)O. The summed E-state index contributed by atoms with van der Waals surface area (Å²) in [6.07, 6.45) is 28.0. The Morgan fingerprint density at radius 2 is 1.34 bits per heavy atom. The second-order valence-corrected chi connectivity index (χ2v) is 11.5. The van der Waals surface area contributed by atoms with Gasteiger partial charge in [0.2, 0.25) is 0 Å². The van der Waals surface area contributed by atoms with Crippen molar-refractivity contribution in [1.29, 1.82) is 0 Å². The summed E-state index contributed by atoms with van der Waals surface area (Å²) in [5.74, 6) is -1.47. The lowest BCUT2D eigenvalue weighted by atomic mass is 9.95. The maximum absolute atomic E-state index is 10.2. The minimum absolute atomic E-state index is 0.0498. The summed E-state index contributed by atoms with van der Waals surface area (Å²) < 4.78 is 4.20. The Labute approximate surface area is 253 Å². The lowest BCUT2D eigenvalue weighted by Crippen LogP contribution is -2.04. The van der Waals surface area contributed by atoms with Crippen molar-refractivity contribution in [3.05, 3.63) is 70.4 Å². The Bertz CT molecular complexity index is 888. The van der Waals surface area contributed by atoms with Gasteiger partial charge in [0, 0.05) is 0 Å². The molecular weight excluding hydrogens is 508 g/mol. The molecular formula is C37H62O4. The Balaban J connectivity index is 0. The number of rotatable bonds is 16. The average Bonchev–Trinajstić information content (AvgIpc) is 2.92. The van der Waals surface area contributed by atoms with Crippen molar-refractivity contribution in [2.75, 3.05) is 7.11 Å². The molecule has 0 spiro atoms. The van der Waals surface area contributed by atoms with E-state index in [1.54, 1.807) is 11.1 Å². The predicted molar refractivity (Wildman–Crippen MR) is 178 cm³/mol. The number of hydrogen-bond donors (Lipinski definition) is 1. The van der Waals surface area contributed by atoms with Gasteiger partial charge in [0.05, 0.1) is 20.0 Å². The van der Waals surface area contributed by atoms with Crippen LogP contribution in [0, 0.1) is 0 Å². The maximum Gasteiger partial charge on any atom is 0.306 e. The predicted octanol–water partition coefficient (Wildman–Crippen LogP) is 11.4. The standard InChI is InChI=1S/C17H28.C15H26.C5H8O4/c1-15(2)9-7-10-16(3)11-8-14-17-12-5-4-6-13-17;1-6-14(4)10-8-12-15(5)11-7-9-13(2)3;1-9-5(8)3-2-4(6)7/h9,11-12H,4-8,10,13-14H2,1-3H3;9,12H,4,6-8,10-11H2,1-3,5H3;2-3H2,1H3,(H,6,7)/b16-11+;15-12+;. The van der Waals surface area contributed by atoms with E-state index in [4.69, 9.17) is 5.11 Å². The maximum atomic E-state index is 10.2. The lowest BCUT2D eigenvalue weighted by Gasteiger charge is -2.11. The number of hydrogen-bond acceptors (Lipinski definition) is 3. The molecule has 1 aliphatic rings. The molecule has 0 unspecified atom stereocenters. The minimum atomic E-state index is -0.986. The second-order valence-electron chi connectivity index (χ2n) is 11.5. The molecule has 0 saturated carbocycles. The van der Waals surface area contributed by atoms with Crippen molar-refractivity contribution >= 4 is 11.9 Å². The molecule has 0 aliphatic heterocycles. The molecule has 0 amide bonds. The average molecular weight is 571 g/mol. The van der Waals surface area contributed by atoms with Gasteiger partial charge < -0.3 is 9.84 Å². The van der Waals surface area contributed by atoms with Gasteiger partial charge >= 0.3 is 11.9 Å². The molecule has 0 saturated heterocycles. The topological polar surface area (TPSA) is 63.6 Å². The third kappa shape index (κ3) is 31.8. The van der Waals surface area contributed by atoms with Gasteiger partial charge in [-0.05, 0) is 125 Å². The van der Waals surface area contributed by atoms with Crippen LogP contribution in [0.15, 0.2) is 70.4 Å². The molecule has 0 aromatic rings. The molecule has 0 bridgehead atoms. The number of carbonyl (C=O) groups excluding carboxylic acids is 1. The van der Waals surface area contributed by atoms with Crippen LogP contribution in [0.1, 0.15) is 145 Å². The fourth-order valence-electron chi connectivity index (χ4n) is 4.03. The fourth-order valence-corrected chi connectivity index (χ4v) is 4.03. The van der Waals surface area contributed by atoms with Gasteiger partial charge in [-0.2, -0.15) is 0 Å². The first-order valence-electron chi connectivity index (χ1n) is 15.6. The summed E-state index contributed by atoms with van der Waals surface area (Å²) in [6.45, 7) is 19.4. The van der Waals surface area contributed by atoms with E-state index in [2.05, 4.69) is 90.2 Å². The van der Waals surface area contributed by atoms with Crippen LogP contribution in [0.2, 0.25) is 0 Å². The third-order valence-electron chi connectivity index (χ3n) is 6.79. The molecule has 0 atom stereocenters. The Morgan fingerprint density at radius 1 is 0.805 bits per heavy atom. The smallest absolute Gasteiger partial charge is 0.306 e. The van der Waals surface area contributed by atoms with Crippen LogP contribution in [0.5, 0.6) is 0 Å². The molecule has 41 heavy (non-hydrogen) atoms. The van der Waals surface area contributed by atoms with Gasteiger partial charge in [-0.15, -0.1) is 0 Å². The van der Waals surface area contributed by atoms with E-state index in [0.717, 1.165) is 19.3 Å². The summed E-state index contributed by atoms with van der Waals surface area (Å²) in [6, 6.07) is 0. The van der Waals surface area contributed by atoms with Crippen LogP contribution in [0.25, 0.3) is 0 Å². The highest BCUT2D eigenvalue weighted by Crippen LogP contribution is 2.22. The van der Waals surface area contributed by atoms with Crippen molar-refractivity contribution in [2.24, 2.45) is 0 Å². The number of ether oxygens (including phenoxy) is 1. The Kier molecular flexibility index (Phi) is 27.2. The number of carboxylic acid groups (broad SMARTS) is 1. The highest BCUT2D eigenvalue weighted by atomic mass is 16.5. The van der Waals surface area contributed by atoms with E-state index in [0.29, 0.717) is 0 Å². The molecule has 0 fully saturated rings. The number of carbonyl (C=O) groups is 2. The summed E-state index contributed by atoms with van der Waals surface area (Å²) in [5.41, 5.74) is 8.98. The van der Waals surface area contributed by atoms with Gasteiger partial charge in [-0.1, -0.05) is 77.3 Å². The van der Waals surface area contributed by atoms with E-state index in [1.165, 1.54) is 93.6 Å². The van der Waals surface area contributed by atoms with Crippen molar-refractivity contribution in [3.63, 3.8) is 0 Å². The van der Waals surface area contributed by atoms with Crippen LogP contribution in [-0.4, -0.2) is 24.2 Å². The zero-order valence-electron chi connectivity index (χ0n) is 27.9. The molecule has 234 valence electrons. The minimum Gasteiger partial charge on any atom is -0.481 e. The number of esters is 1. The van der Waals surface area contributed by atoms with Crippen LogP contribution < -0.4 is 0 Å². The van der Waals surface area contributed by atoms with Crippen molar-refractivity contribution in [1.82, 2.24) is 0 Å². The third-order valence-corrected chi connectivity index (χ3v) is 6.79. The van der Waals surface area contributed by atoms with E-state index in [1.807, 2.05) is 0 Å². The number of methoxy groups -OCH3 is 1. The highest BCUT2D eigenvalue weighted by molar-refractivity contribution is 5.76. The van der Waals surface area contributed by atoms with Crippen LogP contribution >= 0.6 is 0 Å². The van der Waals surface area contributed by atoms with Crippen molar-refractivity contribution in [3.8, 4) is 0 Å². The number of carboxylic acids is 1. The summed E-state index contributed by atoms with van der Waals surface area (Å²) in [5, 5.41) is 8.05. The van der Waals surface area contributed by atoms with Crippen LogP contribution in [0.3, 0.4) is 0 Å². The van der Waals surface area contributed by atoms with Gasteiger partial charge in [0.25, 0.3) is 0 Å².